The lowest BCUT2D eigenvalue weighted by atomic mass is 9.88. The predicted molar refractivity (Wildman–Crippen MR) is 80.5 cm³/mol. The molecule has 1 atom stereocenters. The van der Waals surface area contributed by atoms with Gasteiger partial charge in [-0.05, 0) is 31.4 Å². The summed E-state index contributed by atoms with van der Waals surface area (Å²) in [7, 11) is -3.54. The number of hydrogen-bond donors (Lipinski definition) is 2. The Balaban J connectivity index is 1.64. The van der Waals surface area contributed by atoms with E-state index in [9.17, 15) is 13.2 Å². The smallest absolute Gasteiger partial charge is 0.404 e. The third kappa shape index (κ3) is 3.31. The molecule has 0 aliphatic carbocycles. The van der Waals surface area contributed by atoms with Crippen LogP contribution >= 0.6 is 0 Å². The van der Waals surface area contributed by atoms with Crippen molar-refractivity contribution in [3.63, 3.8) is 0 Å². The summed E-state index contributed by atoms with van der Waals surface area (Å²) in [6.07, 6.45) is 3.52. The Hall–Kier alpha value is -1.71. The first kappa shape index (κ1) is 16.2. The zero-order valence-electron chi connectivity index (χ0n) is 12.5. The van der Waals surface area contributed by atoms with Gasteiger partial charge in [0.25, 0.3) is 0 Å². The Morgan fingerprint density at radius 3 is 2.78 bits per heavy atom. The zero-order chi connectivity index (χ0) is 16.5. The zero-order valence-corrected chi connectivity index (χ0v) is 13.3. The second-order valence-electron chi connectivity index (χ2n) is 5.94. The minimum atomic E-state index is -3.54. The molecule has 1 aromatic heterocycles. The highest BCUT2D eigenvalue weighted by molar-refractivity contribution is 7.89. The summed E-state index contributed by atoms with van der Waals surface area (Å²) < 4.78 is 32.4. The van der Waals surface area contributed by atoms with Crippen molar-refractivity contribution in [2.75, 3.05) is 19.7 Å². The average molecular weight is 341 g/mol. The van der Waals surface area contributed by atoms with Gasteiger partial charge < -0.3 is 15.2 Å². The lowest BCUT2D eigenvalue weighted by Crippen LogP contribution is -2.47. The van der Waals surface area contributed by atoms with Crippen molar-refractivity contribution in [3.8, 4) is 0 Å². The van der Waals surface area contributed by atoms with Crippen LogP contribution in [0.25, 0.3) is 0 Å². The molecule has 2 N–H and O–H groups in total. The van der Waals surface area contributed by atoms with Crippen LogP contribution in [-0.2, 0) is 14.8 Å². The van der Waals surface area contributed by atoms with Crippen molar-refractivity contribution in [2.45, 2.75) is 35.8 Å². The van der Waals surface area contributed by atoms with Crippen LogP contribution in [0.15, 0.2) is 29.4 Å². The van der Waals surface area contributed by atoms with E-state index in [2.05, 4.69) is 10.3 Å². The topological polar surface area (TPSA) is 109 Å². The number of carboxylic acid groups (broad SMARTS) is 1. The Morgan fingerprint density at radius 1 is 1.43 bits per heavy atom. The van der Waals surface area contributed by atoms with E-state index in [1.54, 1.807) is 6.07 Å². The quantitative estimate of drug-likeness (QED) is 0.836. The van der Waals surface area contributed by atoms with Gasteiger partial charge in [0.05, 0.1) is 18.2 Å². The molecule has 2 saturated heterocycles. The van der Waals surface area contributed by atoms with E-state index in [-0.39, 0.29) is 10.9 Å². The number of piperidine rings is 1. The molecule has 126 valence electrons. The van der Waals surface area contributed by atoms with Crippen molar-refractivity contribution < 1.29 is 23.1 Å². The molecule has 0 unspecified atom stereocenters. The lowest BCUT2D eigenvalue weighted by molar-refractivity contribution is -0.0311. The predicted octanol–water partition coefficient (Wildman–Crippen LogP) is 0.661. The van der Waals surface area contributed by atoms with Gasteiger partial charge in [0, 0.05) is 25.5 Å². The molecule has 3 heterocycles. The number of pyridine rings is 1. The number of rotatable bonds is 3. The molecule has 0 aromatic carbocycles. The van der Waals surface area contributed by atoms with Crippen molar-refractivity contribution in [2.24, 2.45) is 0 Å². The summed E-state index contributed by atoms with van der Waals surface area (Å²) in [5.41, 5.74) is -0.423. The Kier molecular flexibility index (Phi) is 4.26. The van der Waals surface area contributed by atoms with Crippen molar-refractivity contribution in [3.05, 3.63) is 24.5 Å². The van der Waals surface area contributed by atoms with E-state index in [1.807, 2.05) is 0 Å². The molecule has 1 spiro atoms. The number of nitrogens with one attached hydrogen (secondary N) is 1. The van der Waals surface area contributed by atoms with Gasteiger partial charge in [-0.1, -0.05) is 0 Å². The van der Waals surface area contributed by atoms with E-state index in [4.69, 9.17) is 9.84 Å². The Bertz CT molecular complexity index is 671. The first-order chi connectivity index (χ1) is 10.9. The minimum Gasteiger partial charge on any atom is -0.465 e. The van der Waals surface area contributed by atoms with E-state index in [0.29, 0.717) is 39.0 Å². The molecule has 1 aromatic rings. The SMILES string of the molecule is O=C(O)N[C@H]1COC2(CCN(S(=O)(=O)c3cccnc3)CC2)C1. The summed E-state index contributed by atoms with van der Waals surface area (Å²) in [5, 5.41) is 11.2. The van der Waals surface area contributed by atoms with Crippen LogP contribution in [0, 0.1) is 0 Å². The van der Waals surface area contributed by atoms with Crippen LogP contribution in [0.4, 0.5) is 4.79 Å². The lowest BCUT2D eigenvalue weighted by Gasteiger charge is -2.37. The number of aromatic nitrogens is 1. The van der Waals surface area contributed by atoms with Gasteiger partial charge in [-0.15, -0.1) is 0 Å². The Labute approximate surface area is 134 Å². The number of sulfonamides is 1. The molecule has 8 nitrogen and oxygen atoms in total. The Morgan fingerprint density at radius 2 is 2.17 bits per heavy atom. The monoisotopic (exact) mass is 341 g/mol. The van der Waals surface area contributed by atoms with Crippen LogP contribution < -0.4 is 5.32 Å². The first-order valence-corrected chi connectivity index (χ1v) is 8.89. The van der Waals surface area contributed by atoms with Crippen molar-refractivity contribution >= 4 is 16.1 Å². The van der Waals surface area contributed by atoms with Gasteiger partial charge in [0.2, 0.25) is 10.0 Å². The third-order valence-corrected chi connectivity index (χ3v) is 6.32. The van der Waals surface area contributed by atoms with Crippen LogP contribution in [0.5, 0.6) is 0 Å². The molecule has 3 rings (SSSR count). The summed E-state index contributed by atoms with van der Waals surface area (Å²) in [6, 6.07) is 2.90. The normalized spacial score (nSPS) is 24.6. The summed E-state index contributed by atoms with van der Waals surface area (Å²) >= 11 is 0. The van der Waals surface area contributed by atoms with Crippen LogP contribution in [0.1, 0.15) is 19.3 Å². The van der Waals surface area contributed by atoms with Gasteiger partial charge in [0.15, 0.2) is 0 Å². The van der Waals surface area contributed by atoms with Gasteiger partial charge in [0.1, 0.15) is 4.90 Å². The third-order valence-electron chi connectivity index (χ3n) is 4.44. The largest absolute Gasteiger partial charge is 0.465 e. The standard InChI is InChI=1S/C14H19N3O5S/c18-13(19)16-11-8-14(22-10-11)3-6-17(7-4-14)23(20,21)12-2-1-5-15-9-12/h1-2,5,9,11,16H,3-4,6-8,10H2,(H,18,19)/t11-/m1/s1. The van der Waals surface area contributed by atoms with E-state index in [0.717, 1.165) is 0 Å². The minimum absolute atomic E-state index is 0.189. The molecule has 2 aliphatic rings. The van der Waals surface area contributed by atoms with E-state index < -0.39 is 21.7 Å². The molecule has 0 saturated carbocycles. The maximum Gasteiger partial charge on any atom is 0.404 e. The fourth-order valence-electron chi connectivity index (χ4n) is 3.24. The number of nitrogens with zero attached hydrogens (tertiary/aromatic N) is 2. The molecule has 23 heavy (non-hydrogen) atoms. The molecular weight excluding hydrogens is 322 g/mol. The summed E-state index contributed by atoms with van der Waals surface area (Å²) in [4.78, 5) is 14.8. The average Bonchev–Trinajstić information content (AvgIpc) is 2.90. The van der Waals surface area contributed by atoms with Crippen LogP contribution in [-0.4, -0.2) is 60.2 Å². The van der Waals surface area contributed by atoms with Crippen molar-refractivity contribution in [1.29, 1.82) is 0 Å². The van der Waals surface area contributed by atoms with Crippen LogP contribution in [0.2, 0.25) is 0 Å². The molecule has 2 aliphatic heterocycles. The maximum atomic E-state index is 12.6. The fourth-order valence-corrected chi connectivity index (χ4v) is 4.65. The molecule has 2 fully saturated rings. The highest BCUT2D eigenvalue weighted by Gasteiger charge is 2.45. The molecule has 1 amide bonds. The highest BCUT2D eigenvalue weighted by atomic mass is 32.2. The van der Waals surface area contributed by atoms with E-state index in [1.165, 1.54) is 22.8 Å². The second kappa shape index (κ2) is 6.06. The molecule has 0 radical (unpaired) electrons. The highest BCUT2D eigenvalue weighted by Crippen LogP contribution is 2.37. The maximum absolute atomic E-state index is 12.6. The number of hydrogen-bond acceptors (Lipinski definition) is 5. The number of ether oxygens (including phenoxy) is 1. The van der Waals surface area contributed by atoms with Crippen molar-refractivity contribution in [1.82, 2.24) is 14.6 Å². The number of carbonyl (C=O) groups is 1. The van der Waals surface area contributed by atoms with E-state index >= 15 is 0 Å². The molecule has 9 heteroatoms. The molecule has 0 bridgehead atoms. The fraction of sp³-hybridized carbons (Fsp3) is 0.571. The first-order valence-electron chi connectivity index (χ1n) is 7.45. The number of amides is 1. The summed E-state index contributed by atoms with van der Waals surface area (Å²) in [6.45, 7) is 1.05. The molecular formula is C14H19N3O5S. The van der Waals surface area contributed by atoms with Gasteiger partial charge >= 0.3 is 6.09 Å². The van der Waals surface area contributed by atoms with Gasteiger partial charge in [-0.2, -0.15) is 4.31 Å². The van der Waals surface area contributed by atoms with Gasteiger partial charge in [-0.3, -0.25) is 4.98 Å². The second-order valence-corrected chi connectivity index (χ2v) is 7.88. The summed E-state index contributed by atoms with van der Waals surface area (Å²) in [5.74, 6) is 0. The van der Waals surface area contributed by atoms with Gasteiger partial charge in [-0.25, -0.2) is 13.2 Å². The van der Waals surface area contributed by atoms with Crippen LogP contribution in [0.3, 0.4) is 0 Å².